The number of fused-ring (bicyclic) bond motifs is 1. The third-order valence-corrected chi connectivity index (χ3v) is 7.07. The molecule has 1 saturated heterocycles. The number of H-pyrrole nitrogens is 1. The molecule has 1 amide bonds. The number of likely N-dealkylation sites (tertiary alicyclic amines) is 1. The van der Waals surface area contributed by atoms with Gasteiger partial charge in [0.1, 0.15) is 28.0 Å². The summed E-state index contributed by atoms with van der Waals surface area (Å²) in [6.45, 7) is 5.14. The van der Waals surface area contributed by atoms with Gasteiger partial charge in [-0.25, -0.2) is 9.37 Å². The lowest BCUT2D eigenvalue weighted by atomic mass is 10.1. The highest BCUT2D eigenvalue weighted by Crippen LogP contribution is 2.30. The minimum Gasteiger partial charge on any atom is -0.457 e. The predicted octanol–water partition coefficient (Wildman–Crippen LogP) is 5.16. The third kappa shape index (κ3) is 3.91. The number of benzene rings is 1. The van der Waals surface area contributed by atoms with E-state index in [2.05, 4.69) is 9.97 Å². The Balaban J connectivity index is 1.62. The van der Waals surface area contributed by atoms with Gasteiger partial charge in [0.15, 0.2) is 0 Å². The maximum Gasteiger partial charge on any atom is 0.260 e. The summed E-state index contributed by atoms with van der Waals surface area (Å²) in [4.78, 5) is 37.0. The van der Waals surface area contributed by atoms with Crippen LogP contribution in [0.1, 0.15) is 34.9 Å². The van der Waals surface area contributed by atoms with Gasteiger partial charge in [-0.05, 0) is 62.6 Å². The zero-order valence-corrected chi connectivity index (χ0v) is 19.1. The second-order valence-electron chi connectivity index (χ2n) is 8.12. The Morgan fingerprint density at radius 3 is 2.70 bits per heavy atom. The quantitative estimate of drug-likeness (QED) is 0.424. The first-order valence-electron chi connectivity index (χ1n) is 10.8. The lowest BCUT2D eigenvalue weighted by Gasteiger charge is -2.17. The smallest absolute Gasteiger partial charge is 0.260 e. The van der Waals surface area contributed by atoms with Gasteiger partial charge in [0.2, 0.25) is 0 Å². The molecule has 0 unspecified atom stereocenters. The standard InChI is InChI=1S/C25H22FN3O3S/c1-14-15(2)33-24-21(14)23(30)27-22(28-24)18(25(31)29-11-5-6-12-29)13-16-9-10-20(32-16)17-7-3-4-8-19(17)26/h3-4,7-10,13H,5-6,11-12H2,1-2H3,(H,27,28,30). The number of hydrogen-bond acceptors (Lipinski definition) is 5. The van der Waals surface area contributed by atoms with Gasteiger partial charge < -0.3 is 14.3 Å². The fraction of sp³-hybridized carbons (Fsp3) is 0.240. The summed E-state index contributed by atoms with van der Waals surface area (Å²) in [5.74, 6) is 0.319. The summed E-state index contributed by atoms with van der Waals surface area (Å²) in [6, 6.07) is 9.68. The number of carbonyl (C=O) groups is 1. The van der Waals surface area contributed by atoms with Crippen LogP contribution in [0.3, 0.4) is 0 Å². The van der Waals surface area contributed by atoms with E-state index in [1.807, 2.05) is 13.8 Å². The van der Waals surface area contributed by atoms with Crippen molar-refractivity contribution in [2.45, 2.75) is 26.7 Å². The fourth-order valence-electron chi connectivity index (χ4n) is 4.08. The van der Waals surface area contributed by atoms with Crippen molar-refractivity contribution in [1.29, 1.82) is 0 Å². The van der Waals surface area contributed by atoms with E-state index in [-0.39, 0.29) is 22.9 Å². The molecule has 1 N–H and O–H groups in total. The van der Waals surface area contributed by atoms with Gasteiger partial charge in [0.05, 0.1) is 16.5 Å². The Morgan fingerprint density at radius 1 is 1.18 bits per heavy atom. The highest BCUT2D eigenvalue weighted by Gasteiger charge is 2.26. The Bertz CT molecular complexity index is 1460. The third-order valence-electron chi connectivity index (χ3n) is 5.97. The van der Waals surface area contributed by atoms with E-state index in [0.717, 1.165) is 23.3 Å². The molecule has 33 heavy (non-hydrogen) atoms. The molecule has 6 nitrogen and oxygen atoms in total. The van der Waals surface area contributed by atoms with Gasteiger partial charge in [0, 0.05) is 18.0 Å². The van der Waals surface area contributed by atoms with Gasteiger partial charge in [0.25, 0.3) is 11.5 Å². The minimum absolute atomic E-state index is 0.203. The van der Waals surface area contributed by atoms with Gasteiger partial charge in [-0.1, -0.05) is 12.1 Å². The minimum atomic E-state index is -0.393. The summed E-state index contributed by atoms with van der Waals surface area (Å²) in [7, 11) is 0. The number of thiophene rings is 1. The highest BCUT2D eigenvalue weighted by atomic mass is 32.1. The van der Waals surface area contributed by atoms with E-state index in [1.165, 1.54) is 17.4 Å². The number of halogens is 1. The Labute approximate surface area is 193 Å². The fourth-order valence-corrected chi connectivity index (χ4v) is 5.11. The van der Waals surface area contributed by atoms with E-state index < -0.39 is 5.82 Å². The lowest BCUT2D eigenvalue weighted by Crippen LogP contribution is -2.29. The molecule has 0 atom stereocenters. The molecule has 1 aliphatic heterocycles. The van der Waals surface area contributed by atoms with Crippen molar-refractivity contribution >= 4 is 39.1 Å². The van der Waals surface area contributed by atoms with Crippen LogP contribution in [0.2, 0.25) is 0 Å². The van der Waals surface area contributed by atoms with E-state index in [4.69, 9.17) is 4.42 Å². The van der Waals surface area contributed by atoms with Crippen LogP contribution in [-0.2, 0) is 4.79 Å². The molecule has 8 heteroatoms. The Kier molecular flexibility index (Phi) is 5.46. The summed E-state index contributed by atoms with van der Waals surface area (Å²) in [6.07, 6.45) is 3.44. The summed E-state index contributed by atoms with van der Waals surface area (Å²) in [5, 5.41) is 0.550. The molecular weight excluding hydrogens is 441 g/mol. The number of nitrogens with zero attached hydrogens (tertiary/aromatic N) is 2. The molecule has 0 radical (unpaired) electrons. The zero-order chi connectivity index (χ0) is 23.1. The Morgan fingerprint density at radius 2 is 1.94 bits per heavy atom. The second kappa shape index (κ2) is 8.44. The lowest BCUT2D eigenvalue weighted by molar-refractivity contribution is -0.123. The van der Waals surface area contributed by atoms with Crippen LogP contribution in [0, 0.1) is 19.7 Å². The SMILES string of the molecule is Cc1sc2nc(C(=Cc3ccc(-c4ccccc4F)o3)C(=O)N3CCCC3)[nH]c(=O)c2c1C. The number of aromatic nitrogens is 2. The summed E-state index contributed by atoms with van der Waals surface area (Å²) >= 11 is 1.43. The maximum absolute atomic E-state index is 14.2. The number of aryl methyl sites for hydroxylation is 2. The highest BCUT2D eigenvalue weighted by molar-refractivity contribution is 7.18. The first kappa shape index (κ1) is 21.3. The number of aromatic amines is 1. The van der Waals surface area contributed by atoms with E-state index in [0.29, 0.717) is 40.4 Å². The van der Waals surface area contributed by atoms with Crippen molar-refractivity contribution in [1.82, 2.24) is 14.9 Å². The van der Waals surface area contributed by atoms with Crippen molar-refractivity contribution in [3.8, 4) is 11.3 Å². The first-order chi connectivity index (χ1) is 15.9. The van der Waals surface area contributed by atoms with Crippen LogP contribution in [0.25, 0.3) is 33.2 Å². The van der Waals surface area contributed by atoms with E-state index in [9.17, 15) is 14.0 Å². The maximum atomic E-state index is 14.2. The predicted molar refractivity (Wildman–Crippen MR) is 128 cm³/mol. The van der Waals surface area contributed by atoms with Gasteiger partial charge in [-0.15, -0.1) is 11.3 Å². The van der Waals surface area contributed by atoms with Crippen molar-refractivity contribution in [2.75, 3.05) is 13.1 Å². The van der Waals surface area contributed by atoms with Crippen molar-refractivity contribution in [3.05, 3.63) is 74.6 Å². The molecular formula is C25H22FN3O3S. The van der Waals surface area contributed by atoms with E-state index in [1.54, 1.807) is 41.3 Å². The van der Waals surface area contributed by atoms with Crippen LogP contribution >= 0.6 is 11.3 Å². The van der Waals surface area contributed by atoms with Crippen LogP contribution in [0.15, 0.2) is 45.6 Å². The Hall–Kier alpha value is -3.52. The van der Waals surface area contributed by atoms with Crippen molar-refractivity contribution in [3.63, 3.8) is 0 Å². The number of hydrogen-bond donors (Lipinski definition) is 1. The number of nitrogens with one attached hydrogen (secondary N) is 1. The second-order valence-corrected chi connectivity index (χ2v) is 9.32. The monoisotopic (exact) mass is 463 g/mol. The molecule has 0 spiro atoms. The molecule has 4 heterocycles. The molecule has 1 aromatic carbocycles. The molecule has 1 fully saturated rings. The molecule has 4 aromatic rings. The van der Waals surface area contributed by atoms with Gasteiger partial charge >= 0.3 is 0 Å². The van der Waals surface area contributed by atoms with Gasteiger partial charge in [-0.3, -0.25) is 9.59 Å². The molecule has 3 aromatic heterocycles. The van der Waals surface area contributed by atoms with Crippen LogP contribution in [-0.4, -0.2) is 33.9 Å². The first-order valence-corrected chi connectivity index (χ1v) is 11.6. The summed E-state index contributed by atoms with van der Waals surface area (Å²) < 4.78 is 20.0. The molecule has 168 valence electrons. The largest absolute Gasteiger partial charge is 0.457 e. The normalized spacial score (nSPS) is 14.4. The number of carbonyl (C=O) groups excluding carboxylic acids is 1. The molecule has 0 saturated carbocycles. The average molecular weight is 464 g/mol. The molecule has 0 aliphatic carbocycles. The van der Waals surface area contributed by atoms with E-state index >= 15 is 0 Å². The van der Waals surface area contributed by atoms with Crippen molar-refractivity contribution < 1.29 is 13.6 Å². The number of furan rings is 1. The van der Waals surface area contributed by atoms with Crippen LogP contribution < -0.4 is 5.56 Å². The number of rotatable bonds is 4. The molecule has 1 aliphatic rings. The van der Waals surface area contributed by atoms with Crippen molar-refractivity contribution in [2.24, 2.45) is 0 Å². The average Bonchev–Trinajstić information content (AvgIpc) is 3.54. The summed E-state index contributed by atoms with van der Waals surface area (Å²) in [5.41, 5.74) is 1.20. The van der Waals surface area contributed by atoms with Crippen LogP contribution in [0.4, 0.5) is 4.39 Å². The molecule has 5 rings (SSSR count). The number of amides is 1. The topological polar surface area (TPSA) is 79.2 Å². The zero-order valence-electron chi connectivity index (χ0n) is 18.3. The van der Waals surface area contributed by atoms with Crippen LogP contribution in [0.5, 0.6) is 0 Å². The van der Waals surface area contributed by atoms with Gasteiger partial charge in [-0.2, -0.15) is 0 Å². The molecule has 0 bridgehead atoms.